The van der Waals surface area contributed by atoms with E-state index in [1.54, 1.807) is 0 Å². The van der Waals surface area contributed by atoms with Crippen LogP contribution in [0.1, 0.15) is 12.8 Å². The standard InChI is InChI=1S/C9H14NO3/c1-13-9(12)8-2-4-10(5-3-8)6-7-11/h6-8H,2-5H2,1H3. The Bertz CT molecular complexity index is 185. The van der Waals surface area contributed by atoms with Crippen LogP contribution in [0, 0.1) is 12.5 Å². The number of carbonyl (C=O) groups excluding carboxylic acids is 2. The van der Waals surface area contributed by atoms with Gasteiger partial charge in [-0.2, -0.15) is 0 Å². The fourth-order valence-electron chi connectivity index (χ4n) is 1.54. The first kappa shape index (κ1) is 10.2. The van der Waals surface area contributed by atoms with Gasteiger partial charge in [0, 0.05) is 0 Å². The van der Waals surface area contributed by atoms with Crippen molar-refractivity contribution in [2.24, 2.45) is 5.92 Å². The molecule has 13 heavy (non-hydrogen) atoms. The van der Waals surface area contributed by atoms with E-state index in [4.69, 9.17) is 0 Å². The average molecular weight is 184 g/mol. The van der Waals surface area contributed by atoms with Crippen molar-refractivity contribution in [3.63, 3.8) is 0 Å². The summed E-state index contributed by atoms with van der Waals surface area (Å²) in [7, 11) is 1.41. The molecule has 0 amide bonds. The van der Waals surface area contributed by atoms with Gasteiger partial charge in [0.05, 0.1) is 19.6 Å². The molecule has 1 radical (unpaired) electrons. The molecule has 0 aliphatic carbocycles. The summed E-state index contributed by atoms with van der Waals surface area (Å²) in [6.07, 6.45) is 2.33. The largest absolute Gasteiger partial charge is 0.469 e. The van der Waals surface area contributed by atoms with Crippen molar-refractivity contribution in [3.05, 3.63) is 6.54 Å². The normalized spacial score (nSPS) is 19.8. The maximum atomic E-state index is 11.1. The van der Waals surface area contributed by atoms with Crippen LogP contribution in [0.5, 0.6) is 0 Å². The van der Waals surface area contributed by atoms with Gasteiger partial charge in [0.25, 0.3) is 0 Å². The number of hydrogen-bond donors (Lipinski definition) is 0. The quantitative estimate of drug-likeness (QED) is 0.465. The van der Waals surface area contributed by atoms with Gasteiger partial charge in [-0.3, -0.25) is 9.69 Å². The lowest BCUT2D eigenvalue weighted by molar-refractivity contribution is -0.146. The van der Waals surface area contributed by atoms with Crippen molar-refractivity contribution < 1.29 is 14.3 Å². The first-order valence-electron chi connectivity index (χ1n) is 4.38. The van der Waals surface area contributed by atoms with Gasteiger partial charge >= 0.3 is 5.97 Å². The molecular formula is C9H14NO3. The van der Waals surface area contributed by atoms with Gasteiger partial charge in [-0.15, -0.1) is 0 Å². The molecule has 1 heterocycles. The topological polar surface area (TPSA) is 46.6 Å². The lowest BCUT2D eigenvalue weighted by atomic mass is 9.97. The van der Waals surface area contributed by atoms with Crippen LogP contribution >= 0.6 is 0 Å². The highest BCUT2D eigenvalue weighted by atomic mass is 16.5. The first-order chi connectivity index (χ1) is 6.27. The predicted octanol–water partition coefficient (Wildman–Crippen LogP) is 0.232. The zero-order valence-corrected chi connectivity index (χ0v) is 7.73. The number of aldehydes is 1. The lowest BCUT2D eigenvalue weighted by Crippen LogP contribution is -2.35. The van der Waals surface area contributed by atoms with Crippen molar-refractivity contribution in [2.75, 3.05) is 20.2 Å². The van der Waals surface area contributed by atoms with E-state index in [2.05, 4.69) is 4.74 Å². The van der Waals surface area contributed by atoms with Gasteiger partial charge in [-0.1, -0.05) is 0 Å². The highest BCUT2D eigenvalue weighted by molar-refractivity contribution is 5.72. The first-order valence-corrected chi connectivity index (χ1v) is 4.38. The Balaban J connectivity index is 2.30. The van der Waals surface area contributed by atoms with Crippen LogP contribution in [0.3, 0.4) is 0 Å². The second-order valence-corrected chi connectivity index (χ2v) is 3.12. The molecule has 0 aromatic heterocycles. The second kappa shape index (κ2) is 4.97. The van der Waals surface area contributed by atoms with Gasteiger partial charge in [0.1, 0.15) is 6.29 Å². The Morgan fingerprint density at radius 3 is 2.54 bits per heavy atom. The number of piperidine rings is 1. The molecule has 0 unspecified atom stereocenters. The summed E-state index contributed by atoms with van der Waals surface area (Å²) < 4.78 is 4.65. The highest BCUT2D eigenvalue weighted by Crippen LogP contribution is 2.18. The van der Waals surface area contributed by atoms with Gasteiger partial charge in [0.2, 0.25) is 0 Å². The summed E-state index contributed by atoms with van der Waals surface area (Å²) in [4.78, 5) is 23.2. The molecule has 73 valence electrons. The third kappa shape index (κ3) is 2.81. The molecule has 1 aliphatic rings. The van der Waals surface area contributed by atoms with Crippen molar-refractivity contribution in [3.8, 4) is 0 Å². The Hall–Kier alpha value is -0.900. The number of carbonyl (C=O) groups is 2. The van der Waals surface area contributed by atoms with Gasteiger partial charge in [0.15, 0.2) is 0 Å². The third-order valence-electron chi connectivity index (χ3n) is 2.34. The van der Waals surface area contributed by atoms with E-state index in [1.165, 1.54) is 13.7 Å². The molecule has 1 fully saturated rings. The number of rotatable bonds is 3. The fraction of sp³-hybridized carbons (Fsp3) is 0.667. The van der Waals surface area contributed by atoms with Crippen LogP contribution in [-0.2, 0) is 14.3 Å². The molecule has 1 saturated heterocycles. The SMILES string of the molecule is COC(=O)C1CCN([CH]C=O)CC1. The van der Waals surface area contributed by atoms with E-state index in [0.717, 1.165) is 32.2 Å². The second-order valence-electron chi connectivity index (χ2n) is 3.12. The Morgan fingerprint density at radius 2 is 2.08 bits per heavy atom. The van der Waals surface area contributed by atoms with Crippen LogP contribution in [0.15, 0.2) is 0 Å². The number of methoxy groups -OCH3 is 1. The summed E-state index contributed by atoms with van der Waals surface area (Å²) >= 11 is 0. The van der Waals surface area contributed by atoms with Crippen LogP contribution in [0.2, 0.25) is 0 Å². The van der Waals surface area contributed by atoms with Gasteiger partial charge in [-0.05, 0) is 25.9 Å². The highest BCUT2D eigenvalue weighted by Gasteiger charge is 2.25. The number of hydrogen-bond acceptors (Lipinski definition) is 4. The molecule has 0 saturated carbocycles. The van der Waals surface area contributed by atoms with Crippen molar-refractivity contribution in [1.82, 2.24) is 4.90 Å². The van der Waals surface area contributed by atoms with Crippen LogP contribution in [-0.4, -0.2) is 37.4 Å². The summed E-state index contributed by atoms with van der Waals surface area (Å²) in [6, 6.07) is 0. The molecule has 4 nitrogen and oxygen atoms in total. The molecular weight excluding hydrogens is 170 g/mol. The summed E-state index contributed by atoms with van der Waals surface area (Å²) in [6.45, 7) is 3.05. The van der Waals surface area contributed by atoms with Crippen molar-refractivity contribution >= 4 is 12.3 Å². The van der Waals surface area contributed by atoms with Crippen LogP contribution < -0.4 is 0 Å². The summed E-state index contributed by atoms with van der Waals surface area (Å²) in [5.74, 6) is -0.118. The average Bonchev–Trinajstić information content (AvgIpc) is 2.18. The smallest absolute Gasteiger partial charge is 0.308 e. The van der Waals surface area contributed by atoms with Crippen molar-refractivity contribution in [1.29, 1.82) is 0 Å². The number of ether oxygens (including phenoxy) is 1. The molecule has 1 aliphatic heterocycles. The molecule has 1 rings (SSSR count). The monoisotopic (exact) mass is 184 g/mol. The minimum absolute atomic E-state index is 0.0151. The molecule has 0 aromatic carbocycles. The number of esters is 1. The number of nitrogens with zero attached hydrogens (tertiary/aromatic N) is 1. The maximum Gasteiger partial charge on any atom is 0.308 e. The summed E-state index contributed by atoms with van der Waals surface area (Å²) in [5.41, 5.74) is 0. The Labute approximate surface area is 77.8 Å². The van der Waals surface area contributed by atoms with Crippen LogP contribution in [0.4, 0.5) is 0 Å². The Kier molecular flexibility index (Phi) is 3.89. The van der Waals surface area contributed by atoms with E-state index >= 15 is 0 Å². The van der Waals surface area contributed by atoms with E-state index in [9.17, 15) is 9.59 Å². The minimum Gasteiger partial charge on any atom is -0.469 e. The molecule has 0 atom stereocenters. The van der Waals surface area contributed by atoms with E-state index < -0.39 is 0 Å². The van der Waals surface area contributed by atoms with E-state index in [0.29, 0.717) is 0 Å². The summed E-state index contributed by atoms with van der Waals surface area (Å²) in [5, 5.41) is 0. The fourth-order valence-corrected chi connectivity index (χ4v) is 1.54. The zero-order valence-electron chi connectivity index (χ0n) is 7.73. The minimum atomic E-state index is -0.134. The van der Waals surface area contributed by atoms with E-state index in [1.807, 2.05) is 4.90 Å². The number of likely N-dealkylation sites (tertiary alicyclic amines) is 1. The molecule has 0 spiro atoms. The van der Waals surface area contributed by atoms with Gasteiger partial charge in [-0.25, -0.2) is 0 Å². The van der Waals surface area contributed by atoms with Crippen molar-refractivity contribution in [2.45, 2.75) is 12.8 Å². The predicted molar refractivity (Wildman–Crippen MR) is 46.7 cm³/mol. The lowest BCUT2D eigenvalue weighted by Gasteiger charge is -2.28. The zero-order chi connectivity index (χ0) is 9.68. The molecule has 0 aromatic rings. The molecule has 4 heteroatoms. The third-order valence-corrected chi connectivity index (χ3v) is 2.34. The molecule has 0 bridgehead atoms. The molecule has 0 N–H and O–H groups in total. The van der Waals surface area contributed by atoms with Crippen LogP contribution in [0.25, 0.3) is 0 Å². The Morgan fingerprint density at radius 1 is 1.46 bits per heavy atom. The van der Waals surface area contributed by atoms with E-state index in [-0.39, 0.29) is 11.9 Å². The van der Waals surface area contributed by atoms with Gasteiger partial charge < -0.3 is 9.53 Å². The maximum absolute atomic E-state index is 11.1.